The maximum absolute atomic E-state index is 13.0. The predicted octanol–water partition coefficient (Wildman–Crippen LogP) is 5.24. The minimum absolute atomic E-state index is 0.0658. The molecule has 0 unspecified atom stereocenters. The Hall–Kier alpha value is -5.04. The summed E-state index contributed by atoms with van der Waals surface area (Å²) in [6, 6.07) is 17.8. The summed E-state index contributed by atoms with van der Waals surface area (Å²) in [4.78, 5) is 43.6. The van der Waals surface area contributed by atoms with Crippen molar-refractivity contribution >= 4 is 34.5 Å². The Labute approximate surface area is 256 Å². The lowest BCUT2D eigenvalue weighted by Gasteiger charge is -2.17. The molecule has 45 heavy (non-hydrogen) atoms. The summed E-state index contributed by atoms with van der Waals surface area (Å²) in [5, 5.41) is 8.82. The van der Waals surface area contributed by atoms with Gasteiger partial charge in [-0.25, -0.2) is 4.79 Å². The lowest BCUT2D eigenvalue weighted by Crippen LogP contribution is -2.43. The van der Waals surface area contributed by atoms with Crippen LogP contribution in [-0.4, -0.2) is 59.8 Å². The van der Waals surface area contributed by atoms with Gasteiger partial charge in [0.25, 0.3) is 5.91 Å². The molecule has 1 aliphatic heterocycles. The van der Waals surface area contributed by atoms with Crippen molar-refractivity contribution in [3.05, 3.63) is 95.2 Å². The summed E-state index contributed by atoms with van der Waals surface area (Å²) in [7, 11) is 0. The molecule has 1 saturated heterocycles. The van der Waals surface area contributed by atoms with E-state index in [0.29, 0.717) is 18.7 Å². The van der Waals surface area contributed by atoms with Crippen LogP contribution in [0.1, 0.15) is 33.5 Å². The zero-order valence-electron chi connectivity index (χ0n) is 24.4. The maximum Gasteiger partial charge on any atom is 0.573 e. The van der Waals surface area contributed by atoms with Crippen LogP contribution in [0.3, 0.4) is 0 Å². The van der Waals surface area contributed by atoms with E-state index in [4.69, 9.17) is 4.74 Å². The molecule has 4 aromatic rings. The first-order chi connectivity index (χ1) is 21.5. The van der Waals surface area contributed by atoms with Crippen LogP contribution in [0.5, 0.6) is 5.75 Å². The van der Waals surface area contributed by atoms with Crippen molar-refractivity contribution in [3.63, 3.8) is 0 Å². The smallest absolute Gasteiger partial charge is 0.444 e. The Morgan fingerprint density at radius 2 is 1.84 bits per heavy atom. The molecule has 0 saturated carbocycles. The number of H-pyrrole nitrogens is 1. The largest absolute Gasteiger partial charge is 0.573 e. The number of hydrogen-bond donors (Lipinski definition) is 4. The number of alkyl halides is 3. The number of halogens is 3. The first kappa shape index (κ1) is 31.4. The number of aromatic nitrogens is 1. The molecule has 13 heteroatoms. The molecule has 1 aromatic heterocycles. The molecule has 0 aliphatic carbocycles. The van der Waals surface area contributed by atoms with E-state index in [9.17, 15) is 27.6 Å². The summed E-state index contributed by atoms with van der Waals surface area (Å²) in [5.41, 5.74) is 3.64. The molecule has 1 fully saturated rings. The van der Waals surface area contributed by atoms with Gasteiger partial charge in [0.1, 0.15) is 12.4 Å². The average molecular weight is 624 g/mol. The van der Waals surface area contributed by atoms with E-state index >= 15 is 0 Å². The molecular formula is C32H32F3N5O5. The van der Waals surface area contributed by atoms with Gasteiger partial charge in [-0.15, -0.1) is 13.2 Å². The second kappa shape index (κ2) is 13.7. The summed E-state index contributed by atoms with van der Waals surface area (Å²) in [5.74, 6) is -2.02. The van der Waals surface area contributed by atoms with Gasteiger partial charge in [-0.05, 0) is 54.3 Å². The van der Waals surface area contributed by atoms with E-state index in [-0.39, 0.29) is 23.9 Å². The predicted molar refractivity (Wildman–Crippen MR) is 161 cm³/mol. The van der Waals surface area contributed by atoms with E-state index in [1.165, 1.54) is 5.56 Å². The minimum atomic E-state index is -5.00. The number of nitrogens with zero attached hydrogens (tertiary/aromatic N) is 1. The molecule has 2 heterocycles. The third-order valence-electron chi connectivity index (χ3n) is 7.28. The number of hydrogen-bond acceptors (Lipinski definition) is 6. The quantitative estimate of drug-likeness (QED) is 0.192. The van der Waals surface area contributed by atoms with Crippen LogP contribution in [-0.2, 0) is 22.7 Å². The van der Waals surface area contributed by atoms with Gasteiger partial charge in [-0.1, -0.05) is 42.5 Å². The summed E-state index contributed by atoms with van der Waals surface area (Å²) < 4.78 is 47.6. The number of fused-ring (bicyclic) bond motifs is 1. The van der Waals surface area contributed by atoms with Gasteiger partial charge in [0.15, 0.2) is 0 Å². The zero-order chi connectivity index (χ0) is 32.0. The van der Waals surface area contributed by atoms with Crippen molar-refractivity contribution in [1.29, 1.82) is 0 Å². The fourth-order valence-electron chi connectivity index (χ4n) is 5.19. The molecule has 1 aliphatic rings. The number of aryl methyl sites for hydroxylation is 1. The molecule has 4 N–H and O–H groups in total. The molecule has 236 valence electrons. The Balaban J connectivity index is 1.15. The number of amides is 3. The first-order valence-corrected chi connectivity index (χ1v) is 14.3. The van der Waals surface area contributed by atoms with Crippen molar-refractivity contribution in [1.82, 2.24) is 20.5 Å². The highest BCUT2D eigenvalue weighted by Gasteiger charge is 2.32. The Morgan fingerprint density at radius 3 is 2.62 bits per heavy atom. The SMILES string of the molecule is Cc1ccc2c(CN3CC[C@@H](NC(=O)CNC(=O)c4cc(OC(F)(F)F)ccc4NC(=O)OCc4ccccc4)C3)c[nH]c2c1. The number of rotatable bonds is 10. The van der Waals surface area contributed by atoms with Gasteiger partial charge >= 0.3 is 12.5 Å². The average Bonchev–Trinajstić information content (AvgIpc) is 3.61. The van der Waals surface area contributed by atoms with Crippen molar-refractivity contribution in [2.24, 2.45) is 0 Å². The van der Waals surface area contributed by atoms with E-state index in [1.54, 1.807) is 30.3 Å². The van der Waals surface area contributed by atoms with Crippen LogP contribution in [0.25, 0.3) is 10.9 Å². The number of nitrogens with one attached hydrogen (secondary N) is 4. The van der Waals surface area contributed by atoms with E-state index < -0.39 is 36.6 Å². The van der Waals surface area contributed by atoms with Crippen LogP contribution in [0, 0.1) is 6.92 Å². The number of aromatic amines is 1. The van der Waals surface area contributed by atoms with Crippen molar-refractivity contribution in [2.75, 3.05) is 25.0 Å². The highest BCUT2D eigenvalue weighted by molar-refractivity contribution is 6.04. The van der Waals surface area contributed by atoms with Crippen LogP contribution >= 0.6 is 0 Å². The van der Waals surface area contributed by atoms with Gasteiger partial charge in [0, 0.05) is 42.8 Å². The lowest BCUT2D eigenvalue weighted by molar-refractivity contribution is -0.274. The van der Waals surface area contributed by atoms with Crippen LogP contribution in [0.15, 0.2) is 72.9 Å². The molecular weight excluding hydrogens is 591 g/mol. The molecule has 0 bridgehead atoms. The van der Waals surface area contributed by atoms with E-state index in [2.05, 4.69) is 48.8 Å². The van der Waals surface area contributed by atoms with Gasteiger partial charge in [0.05, 0.1) is 17.8 Å². The van der Waals surface area contributed by atoms with Crippen LogP contribution in [0.2, 0.25) is 0 Å². The summed E-state index contributed by atoms with van der Waals surface area (Å²) in [6.07, 6.45) is -3.22. The van der Waals surface area contributed by atoms with Gasteiger partial charge < -0.3 is 25.1 Å². The number of carbonyl (C=O) groups excluding carboxylic acids is 3. The van der Waals surface area contributed by atoms with E-state index in [0.717, 1.165) is 47.6 Å². The third-order valence-corrected chi connectivity index (χ3v) is 7.28. The molecule has 1 atom stereocenters. The van der Waals surface area contributed by atoms with Crippen molar-refractivity contribution < 1.29 is 37.0 Å². The second-order valence-electron chi connectivity index (χ2n) is 10.8. The van der Waals surface area contributed by atoms with E-state index in [1.807, 2.05) is 13.1 Å². The van der Waals surface area contributed by atoms with Crippen molar-refractivity contribution in [2.45, 2.75) is 38.9 Å². The third kappa shape index (κ3) is 8.76. The number of ether oxygens (including phenoxy) is 2. The topological polar surface area (TPSA) is 125 Å². The van der Waals surface area contributed by atoms with Gasteiger partial charge in [-0.2, -0.15) is 0 Å². The zero-order valence-corrected chi connectivity index (χ0v) is 24.4. The normalized spacial score (nSPS) is 15.1. The number of likely N-dealkylation sites (tertiary alicyclic amines) is 1. The molecule has 3 amide bonds. The Kier molecular flexibility index (Phi) is 9.57. The highest BCUT2D eigenvalue weighted by Crippen LogP contribution is 2.28. The van der Waals surface area contributed by atoms with Gasteiger partial charge in [-0.3, -0.25) is 19.8 Å². The summed E-state index contributed by atoms with van der Waals surface area (Å²) >= 11 is 0. The monoisotopic (exact) mass is 623 g/mol. The molecule has 3 aromatic carbocycles. The molecule has 0 radical (unpaired) electrons. The Bertz CT molecular complexity index is 1670. The first-order valence-electron chi connectivity index (χ1n) is 14.3. The minimum Gasteiger partial charge on any atom is -0.444 e. The fourth-order valence-corrected chi connectivity index (χ4v) is 5.19. The van der Waals surface area contributed by atoms with Crippen LogP contribution < -0.4 is 20.7 Å². The second-order valence-corrected chi connectivity index (χ2v) is 10.8. The molecule has 0 spiro atoms. The maximum atomic E-state index is 13.0. The number of anilines is 1. The lowest BCUT2D eigenvalue weighted by atomic mass is 10.1. The number of benzene rings is 3. The summed E-state index contributed by atoms with van der Waals surface area (Å²) in [6.45, 7) is 3.65. The van der Waals surface area contributed by atoms with Gasteiger partial charge in [0.2, 0.25) is 5.91 Å². The highest BCUT2D eigenvalue weighted by atomic mass is 19.4. The number of carbonyl (C=O) groups is 3. The van der Waals surface area contributed by atoms with Crippen LogP contribution in [0.4, 0.5) is 23.7 Å². The molecule has 10 nitrogen and oxygen atoms in total. The van der Waals surface area contributed by atoms with Crippen molar-refractivity contribution in [3.8, 4) is 5.75 Å². The standard InChI is InChI=1S/C32H32F3N5O5/c1-20-7-9-25-22(15-36-28(25)13-20)17-40-12-11-23(18-40)38-29(41)16-37-30(42)26-14-24(45-32(33,34)35)8-10-27(26)39-31(43)44-19-21-5-3-2-4-6-21/h2-10,13-15,23,36H,11-12,16-19H2,1H3,(H,37,42)(H,38,41)(H,39,43)/t23-/m1/s1. The Morgan fingerprint density at radius 1 is 1.04 bits per heavy atom. The molecule has 5 rings (SSSR count). The fraction of sp³-hybridized carbons (Fsp3) is 0.281.